The highest BCUT2D eigenvalue weighted by Gasteiger charge is 2.45. The molecular weight excluding hydrogens is 410 g/mol. The van der Waals surface area contributed by atoms with E-state index in [1.54, 1.807) is 20.8 Å². The van der Waals surface area contributed by atoms with Crippen molar-refractivity contribution in [3.05, 3.63) is 20.2 Å². The van der Waals surface area contributed by atoms with Crippen LogP contribution in [0, 0.1) is 26.1 Å². The van der Waals surface area contributed by atoms with E-state index in [1.165, 1.54) is 6.92 Å². The molecule has 1 aliphatic carbocycles. The lowest BCUT2D eigenvalue weighted by molar-refractivity contribution is -0.797. The largest absolute Gasteiger partial charge is 0.512 e. The first-order chi connectivity index (χ1) is 13.7. The van der Waals surface area contributed by atoms with Crippen molar-refractivity contribution in [3.8, 4) is 0 Å². The van der Waals surface area contributed by atoms with Crippen molar-refractivity contribution >= 4 is 12.2 Å². The Labute approximate surface area is 172 Å². The maximum atomic E-state index is 11.9. The van der Waals surface area contributed by atoms with E-state index in [2.05, 4.69) is 19.7 Å². The Morgan fingerprint density at radius 2 is 1.57 bits per heavy atom. The van der Waals surface area contributed by atoms with Crippen molar-refractivity contribution in [1.29, 1.82) is 0 Å². The van der Waals surface area contributed by atoms with Gasteiger partial charge in [0.25, 0.3) is 16.0 Å². The highest BCUT2D eigenvalue weighted by molar-refractivity contribution is 5.68. The smallest absolute Gasteiger partial charge is 0.444 e. The second-order valence-electron chi connectivity index (χ2n) is 7.89. The molecule has 1 aliphatic rings. The zero-order chi connectivity index (χ0) is 23.1. The average molecular weight is 437 g/mol. The molecule has 1 N–H and O–H groups in total. The van der Waals surface area contributed by atoms with Crippen molar-refractivity contribution in [2.45, 2.75) is 84.0 Å². The summed E-state index contributed by atoms with van der Waals surface area (Å²) < 4.78 is 14.7. The normalized spacial score (nSPS) is 21.9. The summed E-state index contributed by atoms with van der Waals surface area (Å²) in [6.07, 6.45) is -2.09. The summed E-state index contributed by atoms with van der Waals surface area (Å²) in [4.78, 5) is 53.6. The molecule has 1 rings (SSSR count). The van der Waals surface area contributed by atoms with E-state index in [9.17, 15) is 29.8 Å². The number of rotatable bonds is 8. The molecule has 14 nitrogen and oxygen atoms in total. The minimum absolute atomic E-state index is 0.226. The highest BCUT2D eigenvalue weighted by Crippen LogP contribution is 2.36. The monoisotopic (exact) mass is 437 g/mol. The maximum absolute atomic E-state index is 11.9. The van der Waals surface area contributed by atoms with Crippen molar-refractivity contribution < 1.29 is 43.6 Å². The molecule has 2 atom stereocenters. The highest BCUT2D eigenvalue weighted by atomic mass is 17.0. The van der Waals surface area contributed by atoms with E-state index >= 15 is 0 Å². The summed E-state index contributed by atoms with van der Waals surface area (Å²) in [6, 6.07) is -0.226. The Bertz CT molecular complexity index is 643. The predicted molar refractivity (Wildman–Crippen MR) is 96.7 cm³/mol. The summed E-state index contributed by atoms with van der Waals surface area (Å²) in [6.45, 7) is 7.47. The van der Waals surface area contributed by atoms with Gasteiger partial charge in [-0.2, -0.15) is 0 Å². The predicted octanol–water partition coefficient (Wildman–Crippen LogP) is 2.70. The topological polar surface area (TPSA) is 179 Å². The van der Waals surface area contributed by atoms with Crippen LogP contribution < -0.4 is 5.32 Å². The molecule has 14 heteroatoms. The van der Waals surface area contributed by atoms with Crippen LogP contribution in [-0.4, -0.2) is 46.1 Å². The van der Waals surface area contributed by atoms with Crippen molar-refractivity contribution in [2.24, 2.45) is 5.92 Å². The number of carbonyl (C=O) groups excluding carboxylic acids is 2. The second-order valence-corrected chi connectivity index (χ2v) is 7.89. The molecule has 0 aromatic rings. The summed E-state index contributed by atoms with van der Waals surface area (Å²) in [5.74, 6) is -2.59. The van der Waals surface area contributed by atoms with Crippen LogP contribution in [0.3, 0.4) is 0 Å². The molecule has 0 aromatic heterocycles. The van der Waals surface area contributed by atoms with E-state index < -0.39 is 46.0 Å². The molecule has 2 unspecified atom stereocenters. The van der Waals surface area contributed by atoms with Crippen LogP contribution >= 0.6 is 0 Å². The summed E-state index contributed by atoms with van der Waals surface area (Å²) in [5.41, 5.74) is -0.649. The molecule has 0 bridgehead atoms. The fourth-order valence-corrected chi connectivity index (χ4v) is 3.03. The first-order valence-corrected chi connectivity index (χ1v) is 9.24. The van der Waals surface area contributed by atoms with Gasteiger partial charge in [0.1, 0.15) is 5.60 Å². The van der Waals surface area contributed by atoms with Gasteiger partial charge in [0.15, 0.2) is 0 Å². The van der Waals surface area contributed by atoms with Gasteiger partial charge in [0.05, 0.1) is 0 Å². The lowest BCUT2D eigenvalue weighted by atomic mass is 9.81. The lowest BCUT2D eigenvalue weighted by Crippen LogP contribution is -2.48. The zero-order valence-corrected chi connectivity index (χ0v) is 17.4. The van der Waals surface area contributed by atoms with Gasteiger partial charge < -0.3 is 19.5 Å². The summed E-state index contributed by atoms with van der Waals surface area (Å²) >= 11 is 0. The number of ether oxygens (including phenoxy) is 3. The Hall–Kier alpha value is -3.06. The van der Waals surface area contributed by atoms with Crippen molar-refractivity contribution in [1.82, 2.24) is 5.32 Å². The number of nitrogens with zero attached hydrogens (tertiary/aromatic N) is 2. The van der Waals surface area contributed by atoms with Crippen molar-refractivity contribution in [3.63, 3.8) is 0 Å². The molecule has 0 saturated heterocycles. The first kappa shape index (κ1) is 25.0. The molecule has 0 aromatic carbocycles. The van der Waals surface area contributed by atoms with Crippen LogP contribution in [-0.2, 0) is 23.9 Å². The quantitative estimate of drug-likeness (QED) is 0.255. The van der Waals surface area contributed by atoms with Gasteiger partial charge in [-0.1, -0.05) is 0 Å². The number of hydrogen-bond donors (Lipinski definition) is 1. The van der Waals surface area contributed by atoms with Crippen LogP contribution in [0.15, 0.2) is 0 Å². The van der Waals surface area contributed by atoms with E-state index in [-0.39, 0.29) is 6.04 Å². The standard InChI is InChI=1S/C16H27N3O11/c1-10(29-18(22)23)26-14(21)28-16(5,30-19(24)25)11-6-8-12(9-7-11)17-13(20)27-15(2,3)4/h10-12H,6-9H2,1-5H3,(H,17,20). The van der Waals surface area contributed by atoms with Gasteiger partial charge >= 0.3 is 12.2 Å². The molecule has 1 fully saturated rings. The Kier molecular flexibility index (Phi) is 8.42. The third kappa shape index (κ3) is 8.96. The van der Waals surface area contributed by atoms with Gasteiger partial charge in [-0.05, 0) is 53.4 Å². The maximum Gasteiger partial charge on any atom is 0.512 e. The molecule has 0 heterocycles. The second kappa shape index (κ2) is 10.1. The van der Waals surface area contributed by atoms with Crippen LogP contribution in [0.4, 0.5) is 9.59 Å². The minimum atomic E-state index is -1.99. The van der Waals surface area contributed by atoms with Crippen molar-refractivity contribution in [2.75, 3.05) is 0 Å². The Morgan fingerprint density at radius 3 is 2.03 bits per heavy atom. The van der Waals surface area contributed by atoms with Crippen LogP contribution in [0.2, 0.25) is 0 Å². The lowest BCUT2D eigenvalue weighted by Gasteiger charge is -2.38. The molecule has 0 spiro atoms. The van der Waals surface area contributed by atoms with Gasteiger partial charge in [-0.3, -0.25) is 9.68 Å². The number of alkyl carbamates (subject to hydrolysis) is 1. The number of amides is 1. The summed E-state index contributed by atoms with van der Waals surface area (Å²) in [5, 5.41) is 21.6. The molecule has 1 amide bonds. The fraction of sp³-hybridized carbons (Fsp3) is 0.875. The Morgan fingerprint density at radius 1 is 1.00 bits per heavy atom. The van der Waals surface area contributed by atoms with Crippen LogP contribution in [0.1, 0.15) is 60.3 Å². The van der Waals surface area contributed by atoms with Gasteiger partial charge in [0, 0.05) is 18.9 Å². The van der Waals surface area contributed by atoms with Crippen LogP contribution in [0.25, 0.3) is 0 Å². The van der Waals surface area contributed by atoms with Gasteiger partial charge in [0.2, 0.25) is 6.29 Å². The Balaban J connectivity index is 2.69. The number of nitrogens with one attached hydrogen (secondary N) is 1. The molecule has 1 saturated carbocycles. The van der Waals surface area contributed by atoms with E-state index in [4.69, 9.17) is 9.47 Å². The third-order valence-corrected chi connectivity index (χ3v) is 4.23. The SMILES string of the molecule is CC(OC(=O)OC(C)(O[N+](=O)[O-])C1CCC(NC(=O)OC(C)(C)C)CC1)O[N+](=O)[O-]. The number of hydrogen-bond acceptors (Lipinski definition) is 11. The van der Waals surface area contributed by atoms with Gasteiger partial charge in [-0.25, -0.2) is 9.59 Å². The first-order valence-electron chi connectivity index (χ1n) is 9.24. The molecule has 172 valence electrons. The summed E-state index contributed by atoms with van der Waals surface area (Å²) in [7, 11) is 0. The van der Waals surface area contributed by atoms with Gasteiger partial charge in [-0.15, -0.1) is 20.2 Å². The minimum Gasteiger partial charge on any atom is -0.444 e. The fourth-order valence-electron chi connectivity index (χ4n) is 3.03. The van der Waals surface area contributed by atoms with E-state index in [1.807, 2.05) is 0 Å². The van der Waals surface area contributed by atoms with E-state index in [0.717, 1.165) is 6.92 Å². The zero-order valence-electron chi connectivity index (χ0n) is 17.4. The molecule has 0 radical (unpaired) electrons. The molecular formula is C16H27N3O11. The molecule has 0 aliphatic heterocycles. The van der Waals surface area contributed by atoms with Crippen LogP contribution in [0.5, 0.6) is 0 Å². The third-order valence-electron chi connectivity index (χ3n) is 4.23. The molecule has 30 heavy (non-hydrogen) atoms. The number of carbonyl (C=O) groups is 2. The van der Waals surface area contributed by atoms with E-state index in [0.29, 0.717) is 25.7 Å². The average Bonchev–Trinajstić information content (AvgIpc) is 2.51.